The van der Waals surface area contributed by atoms with Crippen LogP contribution in [0.4, 0.5) is 5.69 Å². The summed E-state index contributed by atoms with van der Waals surface area (Å²) in [7, 11) is -1.03. The van der Waals surface area contributed by atoms with Gasteiger partial charge in [-0.3, -0.25) is 19.5 Å². The average molecular weight is 534 g/mol. The van der Waals surface area contributed by atoms with E-state index in [1.807, 2.05) is 61.5 Å². The zero-order valence-corrected chi connectivity index (χ0v) is 22.3. The van der Waals surface area contributed by atoms with Crippen molar-refractivity contribution in [1.29, 1.82) is 0 Å². The van der Waals surface area contributed by atoms with Crippen LogP contribution >= 0.6 is 0 Å². The van der Waals surface area contributed by atoms with Crippen LogP contribution in [0.3, 0.4) is 0 Å². The fraction of sp³-hybridized carbons (Fsp3) is 0.281. The van der Waals surface area contributed by atoms with E-state index in [0.717, 1.165) is 22.4 Å². The van der Waals surface area contributed by atoms with Gasteiger partial charge in [0.25, 0.3) is 0 Å². The first-order valence-corrected chi connectivity index (χ1v) is 13.8. The highest BCUT2D eigenvalue weighted by Gasteiger charge is 2.57. The van der Waals surface area contributed by atoms with E-state index in [1.165, 1.54) is 4.90 Å². The standard InChI is InChI=1S/C32H31BN2O5/c1-20-17-24-30(32(38)35(31(24)37)23-10-3-2-4-11-23)25-19-33(39)40-28(29(20)25)15-14-21(26-12-7-8-16-34-26)18-22-9-5-6-13-27(22)36/h2-13,16,18,24-25,28,30,36,39H,14-15,17,19H2,1H3/b21-18-/t24-,25+,28-,30-/m1/s1. The van der Waals surface area contributed by atoms with Crippen LogP contribution in [0, 0.1) is 17.8 Å². The number of rotatable bonds is 6. The zero-order valence-electron chi connectivity index (χ0n) is 22.3. The lowest BCUT2D eigenvalue weighted by Crippen LogP contribution is -2.46. The number of pyridine rings is 1. The molecule has 2 fully saturated rings. The maximum Gasteiger partial charge on any atom is 0.455 e. The van der Waals surface area contributed by atoms with Crippen LogP contribution in [0.1, 0.15) is 37.4 Å². The number of anilines is 1. The highest BCUT2D eigenvalue weighted by Crippen LogP contribution is 2.51. The summed E-state index contributed by atoms with van der Waals surface area (Å²) in [5, 5.41) is 21.2. The number of carbonyl (C=O) groups excluding carboxylic acids is 2. The van der Waals surface area contributed by atoms with Crippen LogP contribution in [0.2, 0.25) is 6.32 Å². The summed E-state index contributed by atoms with van der Waals surface area (Å²) in [5.41, 5.74) is 5.09. The topological polar surface area (TPSA) is 100.0 Å². The number of amides is 2. The highest BCUT2D eigenvalue weighted by molar-refractivity contribution is 6.43. The molecule has 4 atom stereocenters. The molecule has 2 N–H and O–H groups in total. The lowest BCUT2D eigenvalue weighted by Gasteiger charge is -2.42. The van der Waals surface area contributed by atoms with E-state index in [-0.39, 0.29) is 29.8 Å². The number of phenols is 1. The Kier molecular flexibility index (Phi) is 7.13. The number of phenolic OH excluding ortho intramolecular Hbond substituents is 1. The average Bonchev–Trinajstić information content (AvgIpc) is 3.21. The molecule has 7 nitrogen and oxygen atoms in total. The van der Waals surface area contributed by atoms with Crippen LogP contribution in [0.5, 0.6) is 5.75 Å². The maximum absolute atomic E-state index is 13.7. The molecular weight excluding hydrogens is 503 g/mol. The number of aromatic nitrogens is 1. The molecule has 2 aliphatic heterocycles. The van der Waals surface area contributed by atoms with E-state index in [1.54, 1.807) is 30.5 Å². The normalized spacial score (nSPS) is 24.8. The van der Waals surface area contributed by atoms with Gasteiger partial charge in [0, 0.05) is 11.8 Å². The van der Waals surface area contributed by atoms with E-state index in [0.29, 0.717) is 30.5 Å². The van der Waals surface area contributed by atoms with Crippen LogP contribution in [-0.2, 0) is 14.2 Å². The number of fused-ring (bicyclic) bond motifs is 3. The van der Waals surface area contributed by atoms with Crippen molar-refractivity contribution >= 4 is 36.3 Å². The molecule has 3 aromatic rings. The van der Waals surface area contributed by atoms with Crippen molar-refractivity contribution in [2.75, 3.05) is 4.90 Å². The van der Waals surface area contributed by atoms with Crippen LogP contribution in [0.15, 0.2) is 90.1 Å². The monoisotopic (exact) mass is 534 g/mol. The largest absolute Gasteiger partial charge is 0.507 e. The van der Waals surface area contributed by atoms with Crippen LogP contribution < -0.4 is 4.90 Å². The smallest absolute Gasteiger partial charge is 0.455 e. The number of hydrogen-bond donors (Lipinski definition) is 2. The Morgan fingerprint density at radius 3 is 2.52 bits per heavy atom. The number of para-hydroxylation sites is 2. The molecule has 3 heterocycles. The van der Waals surface area contributed by atoms with Crippen molar-refractivity contribution in [3.05, 3.63) is 101 Å². The summed E-state index contributed by atoms with van der Waals surface area (Å²) in [6.45, 7) is 2.02. The molecule has 2 aromatic carbocycles. The van der Waals surface area contributed by atoms with Gasteiger partial charge in [-0.15, -0.1) is 0 Å². The molecule has 1 aromatic heterocycles. The first kappa shape index (κ1) is 26.2. The lowest BCUT2D eigenvalue weighted by atomic mass is 9.58. The van der Waals surface area contributed by atoms with Gasteiger partial charge >= 0.3 is 7.12 Å². The molecule has 8 heteroatoms. The Balaban J connectivity index is 1.30. The molecule has 2 amide bonds. The Hall–Kier alpha value is -4.01. The fourth-order valence-corrected chi connectivity index (χ4v) is 6.66. The number of hydrogen-bond acceptors (Lipinski definition) is 6. The second-order valence-corrected chi connectivity index (χ2v) is 10.8. The van der Waals surface area contributed by atoms with Crippen molar-refractivity contribution in [2.24, 2.45) is 17.8 Å². The molecule has 3 aliphatic rings. The number of benzene rings is 2. The first-order valence-electron chi connectivity index (χ1n) is 13.8. The summed E-state index contributed by atoms with van der Waals surface area (Å²) in [6, 6.07) is 21.9. The maximum atomic E-state index is 13.7. The second kappa shape index (κ2) is 10.9. The minimum Gasteiger partial charge on any atom is -0.507 e. The molecular formula is C32H31BN2O5. The van der Waals surface area contributed by atoms with Crippen LogP contribution in [0.25, 0.3) is 11.6 Å². The number of imide groups is 1. The van der Waals surface area contributed by atoms with Crippen molar-refractivity contribution in [2.45, 2.75) is 38.6 Å². The van der Waals surface area contributed by atoms with Gasteiger partial charge in [-0.25, -0.2) is 0 Å². The van der Waals surface area contributed by atoms with Gasteiger partial charge in [-0.2, -0.15) is 0 Å². The quantitative estimate of drug-likeness (QED) is 0.259. The molecule has 1 aliphatic carbocycles. The van der Waals surface area contributed by atoms with Crippen molar-refractivity contribution < 1.29 is 24.4 Å². The third-order valence-electron chi connectivity index (χ3n) is 8.40. The zero-order chi connectivity index (χ0) is 27.8. The first-order chi connectivity index (χ1) is 19.4. The van der Waals surface area contributed by atoms with Gasteiger partial charge in [0.05, 0.1) is 29.3 Å². The van der Waals surface area contributed by atoms with Gasteiger partial charge in [0.15, 0.2) is 0 Å². The minimum atomic E-state index is -1.03. The predicted octanol–water partition coefficient (Wildman–Crippen LogP) is 5.13. The Bertz CT molecular complexity index is 1490. The fourth-order valence-electron chi connectivity index (χ4n) is 6.66. The Morgan fingerprint density at radius 2 is 1.77 bits per heavy atom. The molecule has 6 rings (SSSR count). The molecule has 202 valence electrons. The number of nitrogens with zero attached hydrogens (tertiary/aromatic N) is 2. The highest BCUT2D eigenvalue weighted by atomic mass is 16.5. The summed E-state index contributed by atoms with van der Waals surface area (Å²) >= 11 is 0. The lowest BCUT2D eigenvalue weighted by molar-refractivity contribution is -0.122. The molecule has 0 spiro atoms. The summed E-state index contributed by atoms with van der Waals surface area (Å²) in [5.74, 6) is -1.39. The Labute approximate surface area is 234 Å². The van der Waals surface area contributed by atoms with Crippen LogP contribution in [-0.4, -0.2) is 40.2 Å². The van der Waals surface area contributed by atoms with Crippen molar-refractivity contribution in [3.8, 4) is 5.75 Å². The number of carbonyl (C=O) groups is 2. The van der Waals surface area contributed by atoms with Crippen molar-refractivity contribution in [3.63, 3.8) is 0 Å². The SMILES string of the molecule is CC1=C2[C@@H](CC/C(=C/c3ccccc3O)c3ccccn3)OB(O)C[C@@H]2[C@@H]2C(=O)N(c3ccccc3)C(=O)[C@@H]2C1. The summed E-state index contributed by atoms with van der Waals surface area (Å²) in [4.78, 5) is 33.1. The second-order valence-electron chi connectivity index (χ2n) is 10.8. The third kappa shape index (κ3) is 4.78. The van der Waals surface area contributed by atoms with Crippen molar-refractivity contribution in [1.82, 2.24) is 4.98 Å². The summed E-state index contributed by atoms with van der Waals surface area (Å²) in [6.07, 6.45) is 5.18. The van der Waals surface area contributed by atoms with E-state index in [4.69, 9.17) is 4.65 Å². The van der Waals surface area contributed by atoms with Gasteiger partial charge in [-0.05, 0) is 86.0 Å². The van der Waals surface area contributed by atoms with Gasteiger partial charge in [-0.1, -0.05) is 48.0 Å². The molecule has 0 bridgehead atoms. The van der Waals surface area contributed by atoms with Gasteiger partial charge in [0.2, 0.25) is 11.8 Å². The van der Waals surface area contributed by atoms with E-state index >= 15 is 0 Å². The predicted molar refractivity (Wildman–Crippen MR) is 154 cm³/mol. The molecule has 40 heavy (non-hydrogen) atoms. The third-order valence-corrected chi connectivity index (χ3v) is 8.40. The molecule has 0 saturated carbocycles. The van der Waals surface area contributed by atoms with E-state index in [2.05, 4.69) is 4.98 Å². The van der Waals surface area contributed by atoms with Gasteiger partial charge < -0.3 is 14.8 Å². The number of aromatic hydroxyl groups is 1. The minimum absolute atomic E-state index is 0.167. The van der Waals surface area contributed by atoms with Gasteiger partial charge in [0.1, 0.15) is 5.75 Å². The van der Waals surface area contributed by atoms with E-state index in [9.17, 15) is 19.7 Å². The molecule has 2 saturated heterocycles. The molecule has 0 unspecified atom stereocenters. The summed E-state index contributed by atoms with van der Waals surface area (Å²) < 4.78 is 6.10. The Morgan fingerprint density at radius 1 is 1.02 bits per heavy atom. The molecule has 0 radical (unpaired) electrons. The number of allylic oxidation sites excluding steroid dienone is 2. The van der Waals surface area contributed by atoms with E-state index < -0.39 is 25.1 Å².